The van der Waals surface area contributed by atoms with E-state index >= 15 is 0 Å². The van der Waals surface area contributed by atoms with E-state index in [2.05, 4.69) is 10.4 Å². The van der Waals surface area contributed by atoms with Crippen molar-refractivity contribution in [3.63, 3.8) is 0 Å². The first kappa shape index (κ1) is 28.0. The van der Waals surface area contributed by atoms with Gasteiger partial charge in [0.15, 0.2) is 0 Å². The maximum absolute atomic E-state index is 13.8. The minimum Gasteiger partial charge on any atom is -0.322 e. The molecule has 2 unspecified atom stereocenters. The summed E-state index contributed by atoms with van der Waals surface area (Å²) in [5.74, 6) is -0.395. The second-order valence-corrected chi connectivity index (χ2v) is 11.6. The minimum atomic E-state index is -3.52. The molecule has 38 heavy (non-hydrogen) atoms. The van der Waals surface area contributed by atoms with E-state index in [4.69, 9.17) is 20.6 Å². The van der Waals surface area contributed by atoms with Crippen molar-refractivity contribution in [1.29, 1.82) is 0 Å². The van der Waals surface area contributed by atoms with Crippen molar-refractivity contribution in [2.45, 2.75) is 32.8 Å². The Bertz CT molecular complexity index is 1400. The van der Waals surface area contributed by atoms with E-state index in [0.29, 0.717) is 52.5 Å². The second kappa shape index (κ2) is 11.8. The lowest BCUT2D eigenvalue weighted by atomic mass is 10.0. The highest BCUT2D eigenvalue weighted by atomic mass is 35.5. The van der Waals surface area contributed by atoms with Gasteiger partial charge in [0.05, 0.1) is 6.10 Å². The van der Waals surface area contributed by atoms with E-state index in [1.54, 1.807) is 47.4 Å². The fourth-order valence-electron chi connectivity index (χ4n) is 4.57. The zero-order chi connectivity index (χ0) is 27.4. The van der Waals surface area contributed by atoms with Crippen LogP contribution in [0.2, 0.25) is 5.02 Å². The molecule has 2 amide bonds. The molecule has 200 valence electrons. The third-order valence-electron chi connectivity index (χ3n) is 6.61. The van der Waals surface area contributed by atoms with Crippen LogP contribution in [-0.2, 0) is 13.6 Å². The van der Waals surface area contributed by atoms with Crippen LogP contribution in [0, 0.1) is 13.8 Å². The molecule has 0 bridgehead atoms. The Morgan fingerprint density at radius 1 is 1.03 bits per heavy atom. The van der Waals surface area contributed by atoms with E-state index in [1.165, 1.54) is 14.2 Å². The number of nitrogens with one attached hydrogen (secondary N) is 2. The molecule has 0 radical (unpaired) electrons. The highest BCUT2D eigenvalue weighted by molar-refractivity contribution is 7.51. The van der Waals surface area contributed by atoms with Gasteiger partial charge in [-0.05, 0) is 87.3 Å². The van der Waals surface area contributed by atoms with E-state index in [9.17, 15) is 14.2 Å². The highest BCUT2D eigenvalue weighted by Crippen LogP contribution is 2.50. The number of benzene rings is 3. The third-order valence-corrected chi connectivity index (χ3v) is 8.40. The number of nitrogens with zero attached hydrogens (tertiary/aromatic N) is 1. The normalized spacial score (nSPS) is 16.8. The standard InChI is InChI=1S/C28H31ClN3O5P/c1-18-8-5-6-9-22(18)27(33)31-21-12-13-23(19(2)16-21)28(34)32-15-7-10-26(37-38(35,30-3)36-4)24-17-20(29)11-14-25(24)32/h5-6,8-9,11-14,16-17,26H,7,10,15H2,1-4H3,(H,30,35)(H,31,33). The van der Waals surface area contributed by atoms with Crippen LogP contribution < -0.4 is 15.3 Å². The van der Waals surface area contributed by atoms with Crippen molar-refractivity contribution in [2.24, 2.45) is 0 Å². The van der Waals surface area contributed by atoms with Crippen molar-refractivity contribution in [2.75, 3.05) is 30.9 Å². The van der Waals surface area contributed by atoms with Gasteiger partial charge < -0.3 is 14.7 Å². The maximum Gasteiger partial charge on any atom is 0.405 e. The molecule has 0 saturated carbocycles. The fourth-order valence-corrected chi connectivity index (χ4v) is 5.68. The monoisotopic (exact) mass is 555 g/mol. The summed E-state index contributed by atoms with van der Waals surface area (Å²) in [5, 5.41) is 6.00. The average Bonchev–Trinajstić information content (AvgIpc) is 3.07. The lowest BCUT2D eigenvalue weighted by Gasteiger charge is -2.26. The number of carbonyl (C=O) groups is 2. The molecule has 3 aromatic carbocycles. The Morgan fingerprint density at radius 2 is 1.79 bits per heavy atom. The van der Waals surface area contributed by atoms with Crippen LogP contribution in [0.25, 0.3) is 0 Å². The van der Waals surface area contributed by atoms with Crippen molar-refractivity contribution in [3.8, 4) is 0 Å². The van der Waals surface area contributed by atoms with Crippen molar-refractivity contribution in [1.82, 2.24) is 5.09 Å². The zero-order valence-corrected chi connectivity index (χ0v) is 23.4. The predicted octanol–water partition coefficient (Wildman–Crippen LogP) is 6.68. The number of fused-ring (bicyclic) bond motifs is 1. The molecule has 8 nitrogen and oxygen atoms in total. The topological polar surface area (TPSA) is 97.0 Å². The molecular formula is C28H31ClN3O5P. The summed E-state index contributed by atoms with van der Waals surface area (Å²) in [6, 6.07) is 17.8. The van der Waals surface area contributed by atoms with Gasteiger partial charge in [-0.15, -0.1) is 0 Å². The largest absolute Gasteiger partial charge is 0.405 e. The summed E-state index contributed by atoms with van der Waals surface area (Å²) in [4.78, 5) is 28.2. The van der Waals surface area contributed by atoms with Crippen LogP contribution in [0.4, 0.5) is 11.4 Å². The number of rotatable bonds is 7. The van der Waals surface area contributed by atoms with Gasteiger partial charge in [0.1, 0.15) is 0 Å². The summed E-state index contributed by atoms with van der Waals surface area (Å²) < 4.78 is 23.8. The molecule has 10 heteroatoms. The maximum atomic E-state index is 13.8. The molecular weight excluding hydrogens is 525 g/mol. The molecule has 0 aromatic heterocycles. The molecule has 2 N–H and O–H groups in total. The fraction of sp³-hybridized carbons (Fsp3) is 0.286. The molecule has 1 aliphatic heterocycles. The molecule has 1 heterocycles. The molecule has 0 aliphatic carbocycles. The smallest absolute Gasteiger partial charge is 0.322 e. The number of halogens is 1. The van der Waals surface area contributed by atoms with Gasteiger partial charge in [0, 0.05) is 46.7 Å². The molecule has 0 spiro atoms. The van der Waals surface area contributed by atoms with E-state index in [0.717, 1.165) is 11.1 Å². The summed E-state index contributed by atoms with van der Waals surface area (Å²) in [5.41, 5.74) is 4.62. The van der Waals surface area contributed by atoms with Crippen molar-refractivity contribution < 1.29 is 23.2 Å². The zero-order valence-electron chi connectivity index (χ0n) is 21.8. The quantitative estimate of drug-likeness (QED) is 0.316. The average molecular weight is 556 g/mol. The van der Waals surface area contributed by atoms with Gasteiger partial charge in [-0.25, -0.2) is 9.65 Å². The van der Waals surface area contributed by atoms with Crippen LogP contribution in [0.1, 0.15) is 56.4 Å². The number of hydrogen-bond acceptors (Lipinski definition) is 5. The van der Waals surface area contributed by atoms with Gasteiger partial charge in [-0.2, -0.15) is 0 Å². The van der Waals surface area contributed by atoms with E-state index in [1.807, 2.05) is 32.0 Å². The molecule has 1 aliphatic rings. The van der Waals surface area contributed by atoms with Crippen LogP contribution in [-0.4, -0.2) is 32.5 Å². The van der Waals surface area contributed by atoms with E-state index in [-0.39, 0.29) is 11.8 Å². The van der Waals surface area contributed by atoms with Crippen molar-refractivity contribution in [3.05, 3.63) is 93.5 Å². The van der Waals surface area contributed by atoms with Gasteiger partial charge in [0.2, 0.25) is 0 Å². The Morgan fingerprint density at radius 3 is 2.47 bits per heavy atom. The number of aryl methyl sites for hydroxylation is 2. The first-order valence-corrected chi connectivity index (χ1v) is 14.2. The highest BCUT2D eigenvalue weighted by Gasteiger charge is 2.33. The van der Waals surface area contributed by atoms with Gasteiger partial charge in [-0.1, -0.05) is 29.8 Å². The summed E-state index contributed by atoms with van der Waals surface area (Å²) in [6.07, 6.45) is 0.550. The number of carbonyl (C=O) groups excluding carboxylic acids is 2. The molecule has 4 rings (SSSR count). The number of anilines is 2. The van der Waals surface area contributed by atoms with Crippen LogP contribution >= 0.6 is 19.3 Å². The van der Waals surface area contributed by atoms with Gasteiger partial charge in [0.25, 0.3) is 11.8 Å². The Kier molecular flexibility index (Phi) is 8.71. The van der Waals surface area contributed by atoms with E-state index < -0.39 is 13.9 Å². The lowest BCUT2D eigenvalue weighted by Crippen LogP contribution is -2.32. The minimum absolute atomic E-state index is 0.188. The van der Waals surface area contributed by atoms with Gasteiger partial charge in [-0.3, -0.25) is 14.1 Å². The summed E-state index contributed by atoms with van der Waals surface area (Å²) in [7, 11) is -0.699. The van der Waals surface area contributed by atoms with Crippen LogP contribution in [0.3, 0.4) is 0 Å². The molecule has 3 aromatic rings. The summed E-state index contributed by atoms with van der Waals surface area (Å²) in [6.45, 7) is 4.16. The first-order chi connectivity index (χ1) is 18.2. The van der Waals surface area contributed by atoms with Gasteiger partial charge >= 0.3 is 7.75 Å². The molecule has 0 fully saturated rings. The lowest BCUT2D eigenvalue weighted by molar-refractivity contribution is 0.0984. The Hall–Kier alpha value is -3.00. The Labute approximate surface area is 227 Å². The number of hydrogen-bond donors (Lipinski definition) is 2. The molecule has 0 saturated heterocycles. The molecule has 2 atom stereocenters. The van der Waals surface area contributed by atoms with Crippen LogP contribution in [0.5, 0.6) is 0 Å². The van der Waals surface area contributed by atoms with Crippen molar-refractivity contribution >= 4 is 42.5 Å². The second-order valence-electron chi connectivity index (χ2n) is 9.10. The first-order valence-electron chi connectivity index (χ1n) is 12.3. The third kappa shape index (κ3) is 6.01. The Balaban J connectivity index is 1.61. The number of amides is 2. The predicted molar refractivity (Wildman–Crippen MR) is 150 cm³/mol. The summed E-state index contributed by atoms with van der Waals surface area (Å²) >= 11 is 6.31. The van der Waals surface area contributed by atoms with Crippen LogP contribution in [0.15, 0.2) is 60.7 Å². The SMILES string of the molecule is CNP(=O)(OC)OC1CCCN(C(=O)c2ccc(NC(=O)c3ccccc3C)cc2C)c2ccc(Cl)cc21.